The van der Waals surface area contributed by atoms with E-state index in [-0.39, 0.29) is 29.3 Å². The third-order valence-electron chi connectivity index (χ3n) is 7.15. The number of benzene rings is 1. The summed E-state index contributed by atoms with van der Waals surface area (Å²) >= 11 is 0. The topological polar surface area (TPSA) is 110 Å². The van der Waals surface area contributed by atoms with Gasteiger partial charge in [-0.3, -0.25) is 14.3 Å². The Balaban J connectivity index is 1.26. The quantitative estimate of drug-likeness (QED) is 0.272. The van der Waals surface area contributed by atoms with Crippen molar-refractivity contribution in [1.29, 1.82) is 0 Å². The van der Waals surface area contributed by atoms with Crippen molar-refractivity contribution in [3.05, 3.63) is 52.6 Å². The van der Waals surface area contributed by atoms with Crippen molar-refractivity contribution in [2.45, 2.75) is 62.9 Å². The molecule has 7 atom stereocenters. The highest BCUT2D eigenvalue weighted by atomic mass is 31.2. The minimum absolute atomic E-state index is 0.0936. The molecule has 3 saturated heterocycles. The minimum atomic E-state index is -1.52. The number of rotatable bonds is 7. The van der Waals surface area contributed by atoms with E-state index in [1.165, 1.54) is 17.2 Å². The van der Waals surface area contributed by atoms with Crippen LogP contribution in [0.4, 0.5) is 10.3 Å². The lowest BCUT2D eigenvalue weighted by atomic mass is 10.0. The SMILES string of the molecule is CC[C@H]1O[C@@H](n2cnc3c(=O)[nH]c(N=CN(C)C)nc32)C(F)[C@H]1O[P@]1O[C@@H](c2ccccc2)[C@H]2CCCN21. The van der Waals surface area contributed by atoms with E-state index < -0.39 is 38.7 Å². The zero-order valence-electron chi connectivity index (χ0n) is 21.5. The van der Waals surface area contributed by atoms with E-state index in [1.807, 2.05) is 25.1 Å². The van der Waals surface area contributed by atoms with Crippen LogP contribution in [0.15, 0.2) is 46.4 Å². The van der Waals surface area contributed by atoms with E-state index in [0.717, 1.165) is 24.9 Å². The van der Waals surface area contributed by atoms with Crippen molar-refractivity contribution in [3.63, 3.8) is 0 Å². The van der Waals surface area contributed by atoms with Gasteiger partial charge in [0.1, 0.15) is 12.2 Å². The standard InChI is InChI=1S/C25H31FN7O4P/c1-4-17-21(37-38-33-12-8-11-16(33)20(36-38)15-9-6-5-7-10-15)18(26)24(35-17)32-14-27-19-22(32)29-25(30-23(19)34)28-13-31(2)3/h5-7,9-10,13-14,16-18,20-21,24H,4,8,11-12H2,1-3H3,(H,29,30,34)/t16-,17-,18?,20+,21+,24-,38+/m1/s1. The van der Waals surface area contributed by atoms with Crippen LogP contribution in [-0.2, 0) is 13.8 Å². The minimum Gasteiger partial charge on any atom is -0.369 e. The molecule has 38 heavy (non-hydrogen) atoms. The molecule has 11 nitrogen and oxygen atoms in total. The second-order valence-corrected chi connectivity index (χ2v) is 11.4. The van der Waals surface area contributed by atoms with Gasteiger partial charge in [0.15, 0.2) is 23.6 Å². The fraction of sp³-hybridized carbons (Fsp3) is 0.520. The van der Waals surface area contributed by atoms with Gasteiger partial charge in [0.2, 0.25) is 5.95 Å². The molecular weight excluding hydrogens is 512 g/mol. The van der Waals surface area contributed by atoms with Crippen LogP contribution in [0.1, 0.15) is 44.1 Å². The van der Waals surface area contributed by atoms with Crippen molar-refractivity contribution in [2.24, 2.45) is 4.99 Å². The van der Waals surface area contributed by atoms with Gasteiger partial charge in [-0.25, -0.2) is 19.0 Å². The lowest BCUT2D eigenvalue weighted by Crippen LogP contribution is -2.32. The van der Waals surface area contributed by atoms with Gasteiger partial charge in [0.05, 0.1) is 18.8 Å². The fourth-order valence-corrected chi connectivity index (χ4v) is 7.33. The molecule has 0 radical (unpaired) electrons. The molecule has 3 fully saturated rings. The van der Waals surface area contributed by atoms with Crippen LogP contribution in [0.25, 0.3) is 11.2 Å². The summed E-state index contributed by atoms with van der Waals surface area (Å²) in [6, 6.07) is 10.3. The van der Waals surface area contributed by atoms with Gasteiger partial charge in [-0.1, -0.05) is 37.3 Å². The van der Waals surface area contributed by atoms with Crippen LogP contribution < -0.4 is 5.56 Å². The van der Waals surface area contributed by atoms with E-state index >= 15 is 4.39 Å². The first kappa shape index (κ1) is 25.5. The summed E-state index contributed by atoms with van der Waals surface area (Å²) in [4.78, 5) is 29.7. The van der Waals surface area contributed by atoms with Crippen molar-refractivity contribution in [1.82, 2.24) is 29.1 Å². The maximum Gasteiger partial charge on any atom is 0.280 e. The lowest BCUT2D eigenvalue weighted by molar-refractivity contribution is -0.0224. The zero-order valence-corrected chi connectivity index (χ0v) is 22.4. The first-order valence-electron chi connectivity index (χ1n) is 12.9. The number of hydrogen-bond donors (Lipinski definition) is 1. The van der Waals surface area contributed by atoms with Crippen LogP contribution in [0, 0.1) is 0 Å². The van der Waals surface area contributed by atoms with Gasteiger partial charge in [0.25, 0.3) is 14.1 Å². The second-order valence-electron chi connectivity index (χ2n) is 9.96. The molecule has 3 aromatic rings. The average Bonchev–Trinajstić information content (AvgIpc) is 3.68. The van der Waals surface area contributed by atoms with E-state index in [0.29, 0.717) is 6.42 Å². The molecule has 0 spiro atoms. The summed E-state index contributed by atoms with van der Waals surface area (Å²) < 4.78 is 38.9. The Morgan fingerprint density at radius 2 is 2.16 bits per heavy atom. The monoisotopic (exact) mass is 543 g/mol. The highest BCUT2D eigenvalue weighted by Crippen LogP contribution is 2.62. The summed E-state index contributed by atoms with van der Waals surface area (Å²) in [5.41, 5.74) is 0.949. The first-order chi connectivity index (χ1) is 18.4. The van der Waals surface area contributed by atoms with Gasteiger partial charge < -0.3 is 18.7 Å². The van der Waals surface area contributed by atoms with Gasteiger partial charge >= 0.3 is 0 Å². The molecule has 5 heterocycles. The number of aromatic amines is 1. The van der Waals surface area contributed by atoms with Crippen LogP contribution in [-0.4, -0.2) is 80.5 Å². The van der Waals surface area contributed by atoms with Crippen LogP contribution in [0.3, 0.4) is 0 Å². The number of aromatic nitrogens is 4. The number of H-pyrrole nitrogens is 1. The van der Waals surface area contributed by atoms with Gasteiger partial charge in [-0.05, 0) is 24.8 Å². The fourth-order valence-electron chi connectivity index (χ4n) is 5.34. The van der Waals surface area contributed by atoms with Crippen LogP contribution in [0.5, 0.6) is 0 Å². The largest absolute Gasteiger partial charge is 0.369 e. The number of alkyl halides is 1. The summed E-state index contributed by atoms with van der Waals surface area (Å²) in [5, 5.41) is 0. The second kappa shape index (κ2) is 10.4. The van der Waals surface area contributed by atoms with Crippen molar-refractivity contribution in [2.75, 3.05) is 20.6 Å². The van der Waals surface area contributed by atoms with Crippen molar-refractivity contribution >= 4 is 32.0 Å². The van der Waals surface area contributed by atoms with Crippen molar-refractivity contribution in [3.8, 4) is 0 Å². The molecule has 2 aromatic heterocycles. The highest BCUT2D eigenvalue weighted by Gasteiger charge is 2.53. The number of halogens is 1. The molecule has 0 aliphatic carbocycles. The Morgan fingerprint density at radius 3 is 2.92 bits per heavy atom. The molecule has 3 aliphatic rings. The summed E-state index contributed by atoms with van der Waals surface area (Å²) in [5.74, 6) is 0.0982. The van der Waals surface area contributed by atoms with Crippen LogP contribution >= 0.6 is 8.53 Å². The van der Waals surface area contributed by atoms with Crippen LogP contribution in [0.2, 0.25) is 0 Å². The van der Waals surface area contributed by atoms with E-state index in [2.05, 4.69) is 36.7 Å². The van der Waals surface area contributed by atoms with E-state index in [4.69, 9.17) is 13.8 Å². The van der Waals surface area contributed by atoms with E-state index in [9.17, 15) is 4.79 Å². The number of fused-ring (bicyclic) bond motifs is 2. The molecule has 1 N–H and O–H groups in total. The summed E-state index contributed by atoms with van der Waals surface area (Å²) in [6.07, 6.45) is 1.53. The number of ether oxygens (including phenoxy) is 1. The lowest BCUT2D eigenvalue weighted by Gasteiger charge is -2.26. The Kier molecular flexibility index (Phi) is 7.00. The maximum atomic E-state index is 16.1. The number of hydrogen-bond acceptors (Lipinski definition) is 8. The smallest absolute Gasteiger partial charge is 0.280 e. The zero-order chi connectivity index (χ0) is 26.4. The maximum absolute atomic E-state index is 16.1. The molecule has 1 unspecified atom stereocenters. The number of aliphatic imine (C=N–C) groups is 1. The number of nitrogens with zero attached hydrogens (tertiary/aromatic N) is 6. The van der Waals surface area contributed by atoms with Gasteiger partial charge in [-0.2, -0.15) is 4.98 Å². The molecular formula is C25H31FN7O4P. The molecule has 6 rings (SSSR count). The Hall–Kier alpha value is -2.76. The molecule has 1 aromatic carbocycles. The van der Waals surface area contributed by atoms with Crippen molar-refractivity contribution < 1.29 is 18.2 Å². The molecule has 0 saturated carbocycles. The normalized spacial score (nSPS) is 31.5. The number of imidazole rings is 1. The third-order valence-corrected chi connectivity index (χ3v) is 8.89. The Bertz CT molecular complexity index is 1370. The predicted octanol–water partition coefficient (Wildman–Crippen LogP) is 3.83. The van der Waals surface area contributed by atoms with Gasteiger partial charge in [0, 0.05) is 26.7 Å². The summed E-state index contributed by atoms with van der Waals surface area (Å²) in [7, 11) is 2.15. The first-order valence-corrected chi connectivity index (χ1v) is 14.0. The Morgan fingerprint density at radius 1 is 1.34 bits per heavy atom. The molecule has 3 aliphatic heterocycles. The average molecular weight is 544 g/mol. The molecule has 202 valence electrons. The predicted molar refractivity (Wildman–Crippen MR) is 141 cm³/mol. The third kappa shape index (κ3) is 4.54. The summed E-state index contributed by atoms with van der Waals surface area (Å²) in [6.45, 7) is 2.80. The number of nitrogens with one attached hydrogen (secondary N) is 1. The molecule has 0 amide bonds. The highest BCUT2D eigenvalue weighted by molar-refractivity contribution is 7.45. The Labute approximate surface area is 220 Å². The van der Waals surface area contributed by atoms with Gasteiger partial charge in [-0.15, -0.1) is 0 Å². The molecule has 13 heteroatoms. The van der Waals surface area contributed by atoms with E-state index in [1.54, 1.807) is 19.0 Å². The molecule has 0 bridgehead atoms.